The third kappa shape index (κ3) is 3.87. The Hall–Kier alpha value is -2.82. The average Bonchev–Trinajstić information content (AvgIpc) is 2.67. The number of hydrogen-bond acceptors (Lipinski definition) is 3. The first-order chi connectivity index (χ1) is 12.6. The molecule has 1 unspecified atom stereocenters. The lowest BCUT2D eigenvalue weighted by atomic mass is 10.0. The maximum atomic E-state index is 12.9. The molecule has 3 rings (SSSR count). The highest BCUT2D eigenvalue weighted by Crippen LogP contribution is 2.23. The molecule has 1 atom stereocenters. The van der Waals surface area contributed by atoms with Crippen LogP contribution in [0.1, 0.15) is 24.8 Å². The van der Waals surface area contributed by atoms with Crippen LogP contribution in [-0.4, -0.2) is 36.3 Å². The van der Waals surface area contributed by atoms with Gasteiger partial charge in [-0.15, -0.1) is 0 Å². The fraction of sp³-hybridized carbons (Fsp3) is 0.333. The van der Waals surface area contributed by atoms with E-state index in [-0.39, 0.29) is 11.8 Å². The Morgan fingerprint density at radius 2 is 1.85 bits per heavy atom. The van der Waals surface area contributed by atoms with Crippen LogP contribution in [0.3, 0.4) is 0 Å². The van der Waals surface area contributed by atoms with Gasteiger partial charge in [-0.1, -0.05) is 36.4 Å². The van der Waals surface area contributed by atoms with Crippen molar-refractivity contribution < 1.29 is 9.59 Å². The first-order valence-corrected chi connectivity index (χ1v) is 9.03. The number of piperidine rings is 1. The van der Waals surface area contributed by atoms with Gasteiger partial charge in [0.15, 0.2) is 0 Å². The van der Waals surface area contributed by atoms with Crippen molar-refractivity contribution in [3.63, 3.8) is 0 Å². The number of aryl methyl sites for hydroxylation is 1. The molecule has 0 aliphatic carbocycles. The lowest BCUT2D eigenvalue weighted by Crippen LogP contribution is -2.53. The van der Waals surface area contributed by atoms with Crippen molar-refractivity contribution in [3.05, 3.63) is 60.2 Å². The van der Waals surface area contributed by atoms with Crippen LogP contribution >= 0.6 is 0 Å². The smallest absolute Gasteiger partial charge is 0.249 e. The van der Waals surface area contributed by atoms with Gasteiger partial charge in [0.25, 0.3) is 0 Å². The topological polar surface area (TPSA) is 66.6 Å². The molecular weight excluding hydrogens is 326 g/mol. The molecule has 0 spiro atoms. The third-order valence-corrected chi connectivity index (χ3v) is 5.00. The monoisotopic (exact) mass is 351 g/mol. The number of nitrogen functional groups attached to an aromatic ring is 1. The molecule has 0 bridgehead atoms. The third-order valence-electron chi connectivity index (χ3n) is 5.00. The summed E-state index contributed by atoms with van der Waals surface area (Å²) in [6.45, 7) is 0.696. The van der Waals surface area contributed by atoms with Crippen molar-refractivity contribution in [3.8, 4) is 0 Å². The number of hydrogen-bond donors (Lipinski definition) is 1. The van der Waals surface area contributed by atoms with Crippen molar-refractivity contribution >= 4 is 23.2 Å². The van der Waals surface area contributed by atoms with E-state index < -0.39 is 6.04 Å². The van der Waals surface area contributed by atoms with Crippen LogP contribution in [0.15, 0.2) is 54.6 Å². The molecule has 0 radical (unpaired) electrons. The zero-order chi connectivity index (χ0) is 18.5. The summed E-state index contributed by atoms with van der Waals surface area (Å²) in [5, 5.41) is 0. The molecule has 5 heteroatoms. The zero-order valence-corrected chi connectivity index (χ0v) is 15.1. The Morgan fingerprint density at radius 3 is 2.58 bits per heavy atom. The second kappa shape index (κ2) is 8.04. The molecule has 136 valence electrons. The normalized spacial score (nSPS) is 17.2. The van der Waals surface area contributed by atoms with E-state index in [9.17, 15) is 9.59 Å². The maximum Gasteiger partial charge on any atom is 0.249 e. The minimum atomic E-state index is -0.399. The average molecular weight is 351 g/mol. The first kappa shape index (κ1) is 18.0. The summed E-state index contributed by atoms with van der Waals surface area (Å²) in [7, 11) is 1.73. The van der Waals surface area contributed by atoms with Crippen LogP contribution in [0.5, 0.6) is 0 Å². The van der Waals surface area contributed by atoms with E-state index >= 15 is 0 Å². The van der Waals surface area contributed by atoms with Gasteiger partial charge in [-0.3, -0.25) is 9.59 Å². The highest BCUT2D eigenvalue weighted by atomic mass is 16.2. The molecule has 2 aromatic rings. The first-order valence-electron chi connectivity index (χ1n) is 9.03. The molecule has 26 heavy (non-hydrogen) atoms. The van der Waals surface area contributed by atoms with E-state index in [1.165, 1.54) is 0 Å². The van der Waals surface area contributed by atoms with Gasteiger partial charge < -0.3 is 15.5 Å². The highest BCUT2D eigenvalue weighted by Gasteiger charge is 2.34. The Kier molecular flexibility index (Phi) is 5.56. The molecule has 2 aromatic carbocycles. The van der Waals surface area contributed by atoms with Gasteiger partial charge in [0.05, 0.1) is 0 Å². The van der Waals surface area contributed by atoms with Gasteiger partial charge >= 0.3 is 0 Å². The van der Waals surface area contributed by atoms with Gasteiger partial charge in [-0.25, -0.2) is 0 Å². The van der Waals surface area contributed by atoms with E-state index in [2.05, 4.69) is 0 Å². The summed E-state index contributed by atoms with van der Waals surface area (Å²) in [6.07, 6.45) is 2.52. The van der Waals surface area contributed by atoms with Gasteiger partial charge in [0.2, 0.25) is 11.8 Å². The maximum absolute atomic E-state index is 12.9. The number of amides is 2. The Labute approximate surface area is 154 Å². The minimum Gasteiger partial charge on any atom is -0.399 e. The summed E-state index contributed by atoms with van der Waals surface area (Å²) < 4.78 is 0. The molecule has 0 saturated carbocycles. The minimum absolute atomic E-state index is 0.00229. The quantitative estimate of drug-likeness (QED) is 0.843. The molecule has 5 nitrogen and oxygen atoms in total. The molecule has 2 amide bonds. The fourth-order valence-electron chi connectivity index (χ4n) is 3.43. The number of anilines is 2. The summed E-state index contributed by atoms with van der Waals surface area (Å²) >= 11 is 0. The Balaban J connectivity index is 1.64. The van der Waals surface area contributed by atoms with Crippen LogP contribution in [0.2, 0.25) is 0 Å². The van der Waals surface area contributed by atoms with E-state index in [1.807, 2.05) is 54.6 Å². The Bertz CT molecular complexity index is 776. The molecule has 2 N–H and O–H groups in total. The summed E-state index contributed by atoms with van der Waals surface area (Å²) in [4.78, 5) is 28.9. The number of carbonyl (C=O) groups excluding carboxylic acids is 2. The van der Waals surface area contributed by atoms with Gasteiger partial charge in [-0.05, 0) is 43.0 Å². The van der Waals surface area contributed by atoms with E-state index in [4.69, 9.17) is 5.73 Å². The van der Waals surface area contributed by atoms with Crippen LogP contribution < -0.4 is 10.6 Å². The molecule has 1 saturated heterocycles. The van der Waals surface area contributed by atoms with Crippen molar-refractivity contribution in [2.75, 3.05) is 24.2 Å². The summed E-state index contributed by atoms with van der Waals surface area (Å²) in [5.74, 6) is -0.0287. The van der Waals surface area contributed by atoms with Crippen LogP contribution in [0.4, 0.5) is 11.4 Å². The van der Waals surface area contributed by atoms with Crippen molar-refractivity contribution in [1.29, 1.82) is 0 Å². The highest BCUT2D eigenvalue weighted by molar-refractivity contribution is 5.99. The molecular formula is C21H25N3O2. The molecule has 1 aliphatic rings. The number of likely N-dealkylation sites (N-methyl/N-ethyl adjacent to an activating group) is 1. The van der Waals surface area contributed by atoms with Crippen LogP contribution in [0.25, 0.3) is 0 Å². The van der Waals surface area contributed by atoms with Crippen LogP contribution in [-0.2, 0) is 16.0 Å². The lowest BCUT2D eigenvalue weighted by molar-refractivity contribution is -0.138. The molecule has 1 fully saturated rings. The summed E-state index contributed by atoms with van der Waals surface area (Å²) in [5.41, 5.74) is 8.50. The lowest BCUT2D eigenvalue weighted by Gasteiger charge is -2.37. The number of rotatable bonds is 5. The van der Waals surface area contributed by atoms with Crippen molar-refractivity contribution in [2.24, 2.45) is 0 Å². The number of nitrogens with zero attached hydrogens (tertiary/aromatic N) is 2. The van der Waals surface area contributed by atoms with Gasteiger partial charge in [-0.2, -0.15) is 0 Å². The second-order valence-corrected chi connectivity index (χ2v) is 6.69. The number of nitrogens with two attached hydrogens (primary N) is 1. The van der Waals surface area contributed by atoms with E-state index in [1.54, 1.807) is 16.8 Å². The summed E-state index contributed by atoms with van der Waals surface area (Å²) in [6, 6.07) is 16.8. The second-order valence-electron chi connectivity index (χ2n) is 6.69. The van der Waals surface area contributed by atoms with Crippen LogP contribution in [0, 0.1) is 0 Å². The fourth-order valence-corrected chi connectivity index (χ4v) is 3.43. The van der Waals surface area contributed by atoms with E-state index in [0.717, 1.165) is 17.7 Å². The number of benzene rings is 2. The molecule has 1 aliphatic heterocycles. The predicted octanol–water partition coefficient (Wildman–Crippen LogP) is 2.86. The number of carbonyl (C=O) groups is 2. The largest absolute Gasteiger partial charge is 0.399 e. The number of para-hydroxylation sites is 2. The molecule has 0 aromatic heterocycles. The van der Waals surface area contributed by atoms with Gasteiger partial charge in [0.1, 0.15) is 6.04 Å². The Morgan fingerprint density at radius 1 is 1.15 bits per heavy atom. The predicted molar refractivity (Wildman–Crippen MR) is 104 cm³/mol. The van der Waals surface area contributed by atoms with Gasteiger partial charge in [0, 0.05) is 31.4 Å². The van der Waals surface area contributed by atoms with Crippen molar-refractivity contribution in [2.45, 2.75) is 31.7 Å². The molecule has 1 heterocycles. The van der Waals surface area contributed by atoms with E-state index in [0.29, 0.717) is 31.5 Å². The zero-order valence-electron chi connectivity index (χ0n) is 15.1. The SMILES string of the molecule is CN(C(=O)CCc1ccccc1N)C1CCCN(c2ccccc2)C1=O. The standard InChI is InChI=1S/C21H25N3O2/c1-23(20(25)14-13-16-8-5-6-11-18(16)22)19-12-7-15-24(21(19)26)17-9-3-2-4-10-17/h2-6,8-11,19H,7,12-15,22H2,1H3. The van der Waals surface area contributed by atoms with Crippen molar-refractivity contribution in [1.82, 2.24) is 4.90 Å².